The number of unbranched alkanes of at least 4 members (excludes halogenated alkanes) is 2. The van der Waals surface area contributed by atoms with Gasteiger partial charge in [-0.05, 0) is 0 Å². The van der Waals surface area contributed by atoms with Crippen molar-refractivity contribution < 1.29 is 20.4 Å². The number of allylic oxidation sites excluding steroid dienone is 2. The molecule has 248 valence electrons. The van der Waals surface area contributed by atoms with Gasteiger partial charge in [-0.3, -0.25) is 0 Å². The Kier molecular flexibility index (Phi) is 9.78. The van der Waals surface area contributed by atoms with E-state index in [1.165, 1.54) is 93.5 Å². The standard InChI is InChI=1S/2C23H21.C2H6Si.Zr/c2*1-2-3-7-17-14-20-10-6-11-22(23(20)15-17)21-13-12-18-8-4-5-9-19(18)16-21;1-3-2;/h2*4-6,8-16H,2-3,7H2,1H3;1-2H3;. The topological polar surface area (TPSA) is 0 Å². The van der Waals surface area contributed by atoms with Crippen molar-refractivity contribution in [1.29, 1.82) is 0 Å². The van der Waals surface area contributed by atoms with Crippen molar-refractivity contribution in [3.63, 3.8) is 0 Å². The molecular formula is C48H48SiZr. The maximum absolute atomic E-state index is 2.69. The molecule has 0 nitrogen and oxygen atoms in total. The minimum absolute atomic E-state index is 0.532. The van der Waals surface area contributed by atoms with Crippen molar-refractivity contribution >= 4 is 39.1 Å². The van der Waals surface area contributed by atoms with Gasteiger partial charge in [-0.15, -0.1) is 0 Å². The SMILES string of the molecule is CCCCC1=Cc2c(-c3ccc4ccccc4c3)cccc2[CH]1[Zr]([CH]1C(CCCC)=Cc2c(-c3ccc4ccccc4c3)cccc21)=[Si](C)C. The predicted molar refractivity (Wildman–Crippen MR) is 217 cm³/mol. The van der Waals surface area contributed by atoms with Gasteiger partial charge in [0.25, 0.3) is 0 Å². The number of hydrogen-bond donors (Lipinski definition) is 0. The Balaban J connectivity index is 1.28. The van der Waals surface area contributed by atoms with E-state index < -0.39 is 25.8 Å². The summed E-state index contributed by atoms with van der Waals surface area (Å²) in [7, 11) is 0. The third kappa shape index (κ3) is 6.18. The van der Waals surface area contributed by atoms with Gasteiger partial charge in [-0.1, -0.05) is 0 Å². The molecule has 2 heteroatoms. The Morgan fingerprint density at radius 3 is 1.36 bits per heavy atom. The van der Waals surface area contributed by atoms with E-state index in [0.29, 0.717) is 7.25 Å². The first-order valence-corrected chi connectivity index (χ1v) is 27.9. The molecule has 2 atom stereocenters. The molecule has 0 radical (unpaired) electrons. The van der Waals surface area contributed by atoms with Crippen LogP contribution in [0.15, 0.2) is 132 Å². The number of hydrogen-bond acceptors (Lipinski definition) is 0. The van der Waals surface area contributed by atoms with E-state index in [1.54, 1.807) is 22.3 Å². The van der Waals surface area contributed by atoms with Crippen LogP contribution in [0.1, 0.15) is 81.9 Å². The van der Waals surface area contributed by atoms with Crippen LogP contribution in [0.5, 0.6) is 0 Å². The number of fused-ring (bicyclic) bond motifs is 4. The molecule has 6 aromatic carbocycles. The van der Waals surface area contributed by atoms with Crippen LogP contribution in [0.3, 0.4) is 0 Å². The summed E-state index contributed by atoms with van der Waals surface area (Å²) >= 11 is -2.27. The summed E-state index contributed by atoms with van der Waals surface area (Å²) in [5.41, 5.74) is 14.8. The molecule has 8 rings (SSSR count). The van der Waals surface area contributed by atoms with Crippen LogP contribution >= 0.6 is 0 Å². The van der Waals surface area contributed by atoms with Crippen molar-refractivity contribution in [2.45, 2.75) is 72.7 Å². The molecule has 0 heterocycles. The van der Waals surface area contributed by atoms with Crippen molar-refractivity contribution in [3.8, 4) is 22.3 Å². The molecule has 0 saturated carbocycles. The second-order valence-corrected chi connectivity index (χ2v) is 32.6. The van der Waals surface area contributed by atoms with Crippen LogP contribution in [-0.2, 0) is 20.4 Å². The van der Waals surface area contributed by atoms with Gasteiger partial charge in [0.2, 0.25) is 0 Å². The van der Waals surface area contributed by atoms with E-state index in [0.717, 1.165) is 0 Å². The van der Waals surface area contributed by atoms with Gasteiger partial charge in [-0.2, -0.15) is 0 Å². The zero-order chi connectivity index (χ0) is 34.2. The first kappa shape index (κ1) is 33.6. The summed E-state index contributed by atoms with van der Waals surface area (Å²) in [5, 5.41) is 5.28. The molecule has 0 saturated heterocycles. The molecule has 6 aromatic rings. The summed E-state index contributed by atoms with van der Waals surface area (Å²) in [5.74, 6) is 0. The molecule has 2 unspecified atom stereocenters. The third-order valence-corrected chi connectivity index (χ3v) is 30.8. The fraction of sp³-hybridized carbons (Fsp3) is 0.250. The van der Waals surface area contributed by atoms with Gasteiger partial charge in [0.15, 0.2) is 0 Å². The normalized spacial score (nSPS) is 16.3. The van der Waals surface area contributed by atoms with Gasteiger partial charge in [0, 0.05) is 0 Å². The Hall–Kier alpha value is -3.58. The summed E-state index contributed by atoms with van der Waals surface area (Å²) in [6.07, 6.45) is 12.9. The molecule has 2 aliphatic carbocycles. The van der Waals surface area contributed by atoms with Gasteiger partial charge < -0.3 is 0 Å². The summed E-state index contributed by atoms with van der Waals surface area (Å²) < 4.78 is 1.29. The number of benzene rings is 6. The number of rotatable bonds is 10. The average Bonchev–Trinajstić information content (AvgIpc) is 3.71. The van der Waals surface area contributed by atoms with E-state index in [-0.39, 0.29) is 0 Å². The quantitative estimate of drug-likeness (QED) is 0.123. The zero-order valence-electron chi connectivity index (χ0n) is 30.1. The maximum atomic E-state index is 2.69. The molecule has 50 heavy (non-hydrogen) atoms. The molecule has 0 aromatic heterocycles. The van der Waals surface area contributed by atoms with Gasteiger partial charge >= 0.3 is 309 Å². The van der Waals surface area contributed by atoms with Gasteiger partial charge in [-0.25, -0.2) is 0 Å². The van der Waals surface area contributed by atoms with Crippen molar-refractivity contribution in [2.75, 3.05) is 0 Å². The first-order valence-electron chi connectivity index (χ1n) is 18.9. The Labute approximate surface area is 307 Å². The Morgan fingerprint density at radius 1 is 0.500 bits per heavy atom. The van der Waals surface area contributed by atoms with Crippen molar-refractivity contribution in [3.05, 3.63) is 155 Å². The van der Waals surface area contributed by atoms with E-state index in [1.807, 2.05) is 0 Å². The first-order chi connectivity index (χ1) is 24.6. The van der Waals surface area contributed by atoms with Crippen LogP contribution < -0.4 is 0 Å². The molecule has 0 fully saturated rings. The fourth-order valence-electron chi connectivity index (χ4n) is 8.82. The van der Waals surface area contributed by atoms with E-state index in [2.05, 4.69) is 160 Å². The molecule has 0 amide bonds. The molecule has 0 aliphatic heterocycles. The predicted octanol–water partition coefficient (Wildman–Crippen LogP) is 14.2. The third-order valence-electron chi connectivity index (χ3n) is 11.3. The van der Waals surface area contributed by atoms with E-state index in [9.17, 15) is 0 Å². The minimum atomic E-state index is -2.27. The second kappa shape index (κ2) is 14.6. The van der Waals surface area contributed by atoms with Crippen LogP contribution in [0.2, 0.25) is 13.1 Å². The fourth-order valence-corrected chi connectivity index (χ4v) is 29.3. The Morgan fingerprint density at radius 2 is 0.940 bits per heavy atom. The monoisotopic (exact) mass is 742 g/mol. The molecule has 2 aliphatic rings. The molecule has 0 spiro atoms. The van der Waals surface area contributed by atoms with Crippen molar-refractivity contribution in [2.24, 2.45) is 0 Å². The zero-order valence-corrected chi connectivity index (χ0v) is 33.6. The average molecular weight is 744 g/mol. The van der Waals surface area contributed by atoms with E-state index in [4.69, 9.17) is 0 Å². The van der Waals surface area contributed by atoms with E-state index >= 15 is 0 Å². The summed E-state index contributed by atoms with van der Waals surface area (Å²) in [4.78, 5) is 0. The van der Waals surface area contributed by atoms with Crippen LogP contribution in [0.25, 0.3) is 56.0 Å². The van der Waals surface area contributed by atoms with Gasteiger partial charge in [0.1, 0.15) is 0 Å². The van der Waals surface area contributed by atoms with Crippen LogP contribution in [-0.4, -0.2) is 5.43 Å². The Bertz CT molecular complexity index is 2170. The van der Waals surface area contributed by atoms with Crippen molar-refractivity contribution in [1.82, 2.24) is 0 Å². The van der Waals surface area contributed by atoms with Crippen LogP contribution in [0.4, 0.5) is 0 Å². The molecule has 0 N–H and O–H groups in total. The molecular weight excluding hydrogens is 696 g/mol. The second-order valence-electron chi connectivity index (χ2n) is 14.7. The molecule has 0 bridgehead atoms. The summed E-state index contributed by atoms with van der Waals surface area (Å²) in [6.45, 7) is 10.1. The van der Waals surface area contributed by atoms with Gasteiger partial charge in [0.05, 0.1) is 0 Å². The summed E-state index contributed by atoms with van der Waals surface area (Å²) in [6, 6.07) is 46.3. The van der Waals surface area contributed by atoms with Crippen LogP contribution in [0, 0.1) is 0 Å².